The summed E-state index contributed by atoms with van der Waals surface area (Å²) < 4.78 is 7.10. The first-order chi connectivity index (χ1) is 14.0. The zero-order chi connectivity index (χ0) is 20.8. The Labute approximate surface area is 173 Å². The Kier molecular flexibility index (Phi) is 6.50. The summed E-state index contributed by atoms with van der Waals surface area (Å²) in [5.41, 5.74) is 2.46. The first-order valence-corrected chi connectivity index (χ1v) is 9.31. The number of rotatable bonds is 7. The Hall–Kier alpha value is -3.33. The van der Waals surface area contributed by atoms with E-state index in [-0.39, 0.29) is 6.03 Å². The standard InChI is InChI=1S/C19H22ClN7O2/c1-12-13(2)27(11-25-12)18-9-17(23-10-24-18)21-6-7-22-19(28)26-15-8-14(20)4-5-16(15)29-3/h4-5,8-11H,6-7H2,1-3H3,(H,21,23,24)(H2,22,26,28). The lowest BCUT2D eigenvalue weighted by Crippen LogP contribution is -2.32. The lowest BCUT2D eigenvalue weighted by molar-refractivity contribution is 0.252. The van der Waals surface area contributed by atoms with Gasteiger partial charge >= 0.3 is 6.03 Å². The van der Waals surface area contributed by atoms with Crippen molar-refractivity contribution in [2.45, 2.75) is 13.8 Å². The van der Waals surface area contributed by atoms with E-state index in [0.717, 1.165) is 17.2 Å². The predicted octanol–water partition coefficient (Wildman–Crippen LogP) is 3.17. The molecule has 0 atom stereocenters. The third-order valence-electron chi connectivity index (χ3n) is 4.28. The quantitative estimate of drug-likeness (QED) is 0.512. The molecule has 0 spiro atoms. The fraction of sp³-hybridized carbons (Fsp3) is 0.263. The van der Waals surface area contributed by atoms with Crippen molar-refractivity contribution >= 4 is 29.1 Å². The maximum atomic E-state index is 12.1. The number of hydrogen-bond acceptors (Lipinski definition) is 6. The number of carbonyl (C=O) groups is 1. The van der Waals surface area contributed by atoms with Crippen LogP contribution in [0.15, 0.2) is 36.9 Å². The second-order valence-corrected chi connectivity index (χ2v) is 6.64. The Morgan fingerprint density at radius 2 is 2.00 bits per heavy atom. The van der Waals surface area contributed by atoms with E-state index in [2.05, 4.69) is 30.9 Å². The van der Waals surface area contributed by atoms with Crippen LogP contribution in [-0.2, 0) is 0 Å². The molecular formula is C19H22ClN7O2. The molecule has 29 heavy (non-hydrogen) atoms. The summed E-state index contributed by atoms with van der Waals surface area (Å²) in [6.45, 7) is 4.80. The molecule has 9 nitrogen and oxygen atoms in total. The van der Waals surface area contributed by atoms with Gasteiger partial charge in [0.1, 0.15) is 30.0 Å². The van der Waals surface area contributed by atoms with Crippen molar-refractivity contribution in [3.8, 4) is 11.6 Å². The lowest BCUT2D eigenvalue weighted by atomic mass is 10.3. The molecule has 10 heteroatoms. The zero-order valence-corrected chi connectivity index (χ0v) is 17.1. The fourth-order valence-corrected chi connectivity index (χ4v) is 2.79. The van der Waals surface area contributed by atoms with Crippen LogP contribution in [0.25, 0.3) is 5.82 Å². The molecule has 152 valence electrons. The number of nitrogens with one attached hydrogen (secondary N) is 3. The van der Waals surface area contributed by atoms with Gasteiger partial charge in [-0.2, -0.15) is 0 Å². The number of anilines is 2. The van der Waals surface area contributed by atoms with Crippen molar-refractivity contribution in [3.05, 3.63) is 53.3 Å². The molecule has 2 amide bonds. The van der Waals surface area contributed by atoms with Crippen molar-refractivity contribution in [2.24, 2.45) is 0 Å². The van der Waals surface area contributed by atoms with Crippen LogP contribution in [0, 0.1) is 13.8 Å². The van der Waals surface area contributed by atoms with Gasteiger partial charge in [-0.05, 0) is 32.0 Å². The topological polar surface area (TPSA) is 106 Å². The van der Waals surface area contributed by atoms with E-state index in [1.54, 1.807) is 24.5 Å². The largest absolute Gasteiger partial charge is 0.495 e. The Bertz CT molecular complexity index is 1010. The van der Waals surface area contributed by atoms with Crippen LogP contribution in [0.3, 0.4) is 0 Å². The average Bonchev–Trinajstić information content (AvgIpc) is 3.04. The second kappa shape index (κ2) is 9.24. The lowest BCUT2D eigenvalue weighted by Gasteiger charge is -2.12. The van der Waals surface area contributed by atoms with E-state index >= 15 is 0 Å². The number of ether oxygens (including phenoxy) is 1. The molecule has 0 unspecified atom stereocenters. The number of aromatic nitrogens is 4. The number of aryl methyl sites for hydroxylation is 1. The zero-order valence-electron chi connectivity index (χ0n) is 16.4. The molecule has 0 radical (unpaired) electrons. The first kappa shape index (κ1) is 20.4. The summed E-state index contributed by atoms with van der Waals surface area (Å²) in [5.74, 6) is 1.90. The molecule has 0 bridgehead atoms. The smallest absolute Gasteiger partial charge is 0.319 e. The Morgan fingerprint density at radius 3 is 2.72 bits per heavy atom. The van der Waals surface area contributed by atoms with Crippen LogP contribution in [-0.4, -0.2) is 45.7 Å². The highest BCUT2D eigenvalue weighted by molar-refractivity contribution is 6.31. The van der Waals surface area contributed by atoms with Gasteiger partial charge in [-0.1, -0.05) is 11.6 Å². The maximum absolute atomic E-state index is 12.1. The number of methoxy groups -OCH3 is 1. The van der Waals surface area contributed by atoms with Gasteiger partial charge in [0, 0.05) is 29.9 Å². The highest BCUT2D eigenvalue weighted by Gasteiger charge is 2.09. The Balaban J connectivity index is 1.51. The predicted molar refractivity (Wildman–Crippen MR) is 112 cm³/mol. The molecule has 0 aliphatic rings. The van der Waals surface area contributed by atoms with Crippen LogP contribution in [0.4, 0.5) is 16.3 Å². The molecular weight excluding hydrogens is 394 g/mol. The number of halogens is 1. The molecule has 1 aromatic carbocycles. The molecule has 0 aliphatic heterocycles. The number of hydrogen-bond donors (Lipinski definition) is 3. The number of urea groups is 1. The highest BCUT2D eigenvalue weighted by Crippen LogP contribution is 2.27. The summed E-state index contributed by atoms with van der Waals surface area (Å²) in [6, 6.07) is 6.47. The highest BCUT2D eigenvalue weighted by atomic mass is 35.5. The van der Waals surface area contributed by atoms with Crippen molar-refractivity contribution in [1.29, 1.82) is 0 Å². The van der Waals surface area contributed by atoms with Gasteiger partial charge in [-0.3, -0.25) is 4.57 Å². The normalized spacial score (nSPS) is 10.5. The number of benzene rings is 1. The number of nitrogens with zero attached hydrogens (tertiary/aromatic N) is 4. The summed E-state index contributed by atoms with van der Waals surface area (Å²) in [4.78, 5) is 24.9. The summed E-state index contributed by atoms with van der Waals surface area (Å²) in [7, 11) is 1.53. The molecule has 3 rings (SSSR count). The Morgan fingerprint density at radius 1 is 1.17 bits per heavy atom. The van der Waals surface area contributed by atoms with Gasteiger partial charge in [-0.15, -0.1) is 0 Å². The summed E-state index contributed by atoms with van der Waals surface area (Å²) in [6.07, 6.45) is 3.21. The molecule has 2 aromatic heterocycles. The SMILES string of the molecule is COc1ccc(Cl)cc1NC(=O)NCCNc1cc(-n2cnc(C)c2C)ncn1. The second-order valence-electron chi connectivity index (χ2n) is 6.20. The van der Waals surface area contributed by atoms with E-state index in [0.29, 0.717) is 35.4 Å². The third-order valence-corrected chi connectivity index (χ3v) is 4.51. The van der Waals surface area contributed by atoms with Gasteiger partial charge in [0.05, 0.1) is 18.5 Å². The van der Waals surface area contributed by atoms with Crippen LogP contribution in [0.2, 0.25) is 5.02 Å². The van der Waals surface area contributed by atoms with Crippen molar-refractivity contribution in [1.82, 2.24) is 24.8 Å². The van der Waals surface area contributed by atoms with Crippen molar-refractivity contribution in [3.63, 3.8) is 0 Å². The molecule has 0 saturated heterocycles. The summed E-state index contributed by atoms with van der Waals surface area (Å²) >= 11 is 5.96. The van der Waals surface area contributed by atoms with Gasteiger partial charge in [0.15, 0.2) is 0 Å². The van der Waals surface area contributed by atoms with Crippen molar-refractivity contribution in [2.75, 3.05) is 30.8 Å². The minimum Gasteiger partial charge on any atom is -0.495 e. The van der Waals surface area contributed by atoms with E-state index in [4.69, 9.17) is 16.3 Å². The third kappa shape index (κ3) is 5.14. The van der Waals surface area contributed by atoms with E-state index in [9.17, 15) is 4.79 Å². The minimum atomic E-state index is -0.361. The number of carbonyl (C=O) groups excluding carboxylic acids is 1. The van der Waals surface area contributed by atoms with Crippen LogP contribution < -0.4 is 20.7 Å². The van der Waals surface area contributed by atoms with Crippen LogP contribution in [0.5, 0.6) is 5.75 Å². The molecule has 2 heterocycles. The fourth-order valence-electron chi connectivity index (χ4n) is 2.62. The molecule has 0 fully saturated rings. The average molecular weight is 416 g/mol. The van der Waals surface area contributed by atoms with Crippen molar-refractivity contribution < 1.29 is 9.53 Å². The first-order valence-electron chi connectivity index (χ1n) is 8.93. The van der Waals surface area contributed by atoms with Crippen LogP contribution in [0.1, 0.15) is 11.4 Å². The monoisotopic (exact) mass is 415 g/mol. The maximum Gasteiger partial charge on any atom is 0.319 e. The van der Waals surface area contributed by atoms with Gasteiger partial charge in [0.25, 0.3) is 0 Å². The molecule has 0 aliphatic carbocycles. The van der Waals surface area contributed by atoms with E-state index in [1.165, 1.54) is 13.4 Å². The van der Waals surface area contributed by atoms with E-state index in [1.807, 2.05) is 24.5 Å². The van der Waals surface area contributed by atoms with E-state index < -0.39 is 0 Å². The number of imidazole rings is 1. The van der Waals surface area contributed by atoms with Gasteiger partial charge in [0.2, 0.25) is 0 Å². The summed E-state index contributed by atoms with van der Waals surface area (Å²) in [5, 5.41) is 9.14. The van der Waals surface area contributed by atoms with Gasteiger partial charge in [-0.25, -0.2) is 19.7 Å². The van der Waals surface area contributed by atoms with Crippen LogP contribution >= 0.6 is 11.6 Å². The van der Waals surface area contributed by atoms with Gasteiger partial charge < -0.3 is 20.7 Å². The minimum absolute atomic E-state index is 0.361. The number of amides is 2. The molecule has 0 saturated carbocycles. The molecule has 3 aromatic rings. The molecule has 3 N–H and O–H groups in total.